The van der Waals surface area contributed by atoms with Crippen LogP contribution < -0.4 is 0 Å². The van der Waals surface area contributed by atoms with E-state index in [9.17, 15) is 9.59 Å². The molecular formula is C22H35NO2. The van der Waals surface area contributed by atoms with E-state index < -0.39 is 0 Å². The Hall–Kier alpha value is -1.12. The monoisotopic (exact) mass is 345 g/mol. The van der Waals surface area contributed by atoms with Crippen LogP contribution in [0, 0.1) is 11.8 Å². The number of nitrogens with zero attached hydrogens (tertiary/aromatic N) is 1. The molecule has 0 radical (unpaired) electrons. The number of hydrogen-bond donors (Lipinski definition) is 0. The molecule has 3 aliphatic rings. The SMILES string of the molecule is C=C(CCCC(=O)N1CCCC2CCCCC21)C(=O)C1CCCCC1. The molecular weight excluding hydrogens is 310 g/mol. The Bertz CT molecular complexity index is 490. The summed E-state index contributed by atoms with van der Waals surface area (Å²) in [5.41, 5.74) is 0.758. The summed E-state index contributed by atoms with van der Waals surface area (Å²) in [5, 5.41) is 0. The number of amides is 1. The molecule has 3 fully saturated rings. The Morgan fingerprint density at radius 3 is 2.32 bits per heavy atom. The fourth-order valence-electron chi connectivity index (χ4n) is 5.31. The Kier molecular flexibility index (Phi) is 6.72. The van der Waals surface area contributed by atoms with Crippen molar-refractivity contribution >= 4 is 11.7 Å². The van der Waals surface area contributed by atoms with E-state index in [4.69, 9.17) is 0 Å². The van der Waals surface area contributed by atoms with Crippen LogP contribution in [-0.2, 0) is 9.59 Å². The number of likely N-dealkylation sites (tertiary alicyclic amines) is 1. The largest absolute Gasteiger partial charge is 0.339 e. The maximum Gasteiger partial charge on any atom is 0.222 e. The zero-order valence-corrected chi connectivity index (χ0v) is 15.8. The second kappa shape index (κ2) is 9.00. The van der Waals surface area contributed by atoms with Crippen molar-refractivity contribution in [1.29, 1.82) is 0 Å². The number of Topliss-reactive ketones (excluding diaryl/α,β-unsaturated/α-hetero) is 1. The molecule has 3 nitrogen and oxygen atoms in total. The minimum atomic E-state index is 0.210. The number of carbonyl (C=O) groups excluding carboxylic acids is 2. The average Bonchev–Trinajstić information content (AvgIpc) is 2.67. The van der Waals surface area contributed by atoms with E-state index in [1.54, 1.807) is 0 Å². The van der Waals surface area contributed by atoms with E-state index in [1.165, 1.54) is 57.8 Å². The van der Waals surface area contributed by atoms with E-state index in [1.807, 2.05) is 0 Å². The molecule has 25 heavy (non-hydrogen) atoms. The molecule has 0 aromatic carbocycles. The maximum atomic E-state index is 12.7. The van der Waals surface area contributed by atoms with Gasteiger partial charge in [0.05, 0.1) is 0 Å². The van der Waals surface area contributed by atoms with Crippen LogP contribution in [0.5, 0.6) is 0 Å². The van der Waals surface area contributed by atoms with E-state index in [0.29, 0.717) is 24.8 Å². The fraction of sp³-hybridized carbons (Fsp3) is 0.818. The van der Waals surface area contributed by atoms with Crippen molar-refractivity contribution in [2.24, 2.45) is 11.8 Å². The van der Waals surface area contributed by atoms with Crippen LogP contribution in [0.1, 0.15) is 89.9 Å². The highest BCUT2D eigenvalue weighted by Gasteiger charge is 2.35. The Morgan fingerprint density at radius 1 is 0.840 bits per heavy atom. The number of fused-ring (bicyclic) bond motifs is 1. The summed E-state index contributed by atoms with van der Waals surface area (Å²) in [5.74, 6) is 1.54. The van der Waals surface area contributed by atoms with Gasteiger partial charge in [-0.05, 0) is 62.9 Å². The molecule has 0 aromatic heterocycles. The Morgan fingerprint density at radius 2 is 1.52 bits per heavy atom. The number of rotatable bonds is 6. The summed E-state index contributed by atoms with van der Waals surface area (Å²) in [7, 11) is 0. The molecule has 0 spiro atoms. The average molecular weight is 346 g/mol. The predicted molar refractivity (Wildman–Crippen MR) is 101 cm³/mol. The van der Waals surface area contributed by atoms with Crippen LogP contribution in [0.15, 0.2) is 12.2 Å². The third-order valence-electron chi connectivity index (χ3n) is 6.76. The number of ketones is 1. The Labute approximate surface area is 153 Å². The van der Waals surface area contributed by atoms with Gasteiger partial charge in [-0.2, -0.15) is 0 Å². The minimum absolute atomic E-state index is 0.210. The molecule has 2 atom stereocenters. The van der Waals surface area contributed by atoms with Crippen LogP contribution in [0.3, 0.4) is 0 Å². The van der Waals surface area contributed by atoms with Gasteiger partial charge in [0.15, 0.2) is 5.78 Å². The van der Waals surface area contributed by atoms with Gasteiger partial charge in [0.1, 0.15) is 0 Å². The van der Waals surface area contributed by atoms with Crippen molar-refractivity contribution in [2.75, 3.05) is 6.54 Å². The maximum absolute atomic E-state index is 12.7. The normalized spacial score (nSPS) is 27.6. The third-order valence-corrected chi connectivity index (χ3v) is 6.76. The van der Waals surface area contributed by atoms with Gasteiger partial charge >= 0.3 is 0 Å². The van der Waals surface area contributed by atoms with Crippen molar-refractivity contribution in [1.82, 2.24) is 4.90 Å². The first-order valence-corrected chi connectivity index (χ1v) is 10.7. The molecule has 1 amide bonds. The van der Waals surface area contributed by atoms with Crippen LogP contribution >= 0.6 is 0 Å². The van der Waals surface area contributed by atoms with Crippen molar-refractivity contribution in [3.63, 3.8) is 0 Å². The molecule has 3 heteroatoms. The lowest BCUT2D eigenvalue weighted by Crippen LogP contribution is -2.49. The van der Waals surface area contributed by atoms with Gasteiger partial charge in [-0.1, -0.05) is 38.7 Å². The van der Waals surface area contributed by atoms with Crippen molar-refractivity contribution < 1.29 is 9.59 Å². The zero-order valence-electron chi connectivity index (χ0n) is 15.8. The van der Waals surface area contributed by atoms with Crippen LogP contribution in [0.2, 0.25) is 0 Å². The number of carbonyl (C=O) groups is 2. The standard InChI is InChI=1S/C22H35NO2/c1-17(22(25)19-11-3-2-4-12-19)9-7-15-21(24)23-16-8-13-18-10-5-6-14-20(18)23/h18-20H,1-16H2. The minimum Gasteiger partial charge on any atom is -0.339 e. The van der Waals surface area contributed by atoms with Gasteiger partial charge < -0.3 is 4.90 Å². The van der Waals surface area contributed by atoms with Gasteiger partial charge in [0, 0.05) is 24.9 Å². The zero-order chi connectivity index (χ0) is 17.6. The van der Waals surface area contributed by atoms with E-state index >= 15 is 0 Å². The molecule has 2 aliphatic carbocycles. The smallest absolute Gasteiger partial charge is 0.222 e. The molecule has 2 unspecified atom stereocenters. The molecule has 140 valence electrons. The predicted octanol–water partition coefficient (Wildman–Crippen LogP) is 5.04. The highest BCUT2D eigenvalue weighted by molar-refractivity contribution is 5.96. The molecule has 1 heterocycles. The van der Waals surface area contributed by atoms with Crippen molar-refractivity contribution in [3.8, 4) is 0 Å². The van der Waals surface area contributed by atoms with Gasteiger partial charge in [-0.25, -0.2) is 0 Å². The second-order valence-electron chi connectivity index (χ2n) is 8.50. The highest BCUT2D eigenvalue weighted by Crippen LogP contribution is 2.35. The lowest BCUT2D eigenvalue weighted by Gasteiger charge is -2.44. The van der Waals surface area contributed by atoms with Crippen molar-refractivity contribution in [3.05, 3.63) is 12.2 Å². The summed E-state index contributed by atoms with van der Waals surface area (Å²) >= 11 is 0. The van der Waals surface area contributed by atoms with Gasteiger partial charge in [0.25, 0.3) is 0 Å². The summed E-state index contributed by atoms with van der Waals surface area (Å²) in [6.07, 6.45) is 15.4. The summed E-state index contributed by atoms with van der Waals surface area (Å²) in [6, 6.07) is 0.502. The van der Waals surface area contributed by atoms with Gasteiger partial charge in [0.2, 0.25) is 5.91 Å². The quantitative estimate of drug-likeness (QED) is 0.632. The topological polar surface area (TPSA) is 37.4 Å². The number of allylic oxidation sites excluding steroid dienone is 1. The first-order valence-electron chi connectivity index (χ1n) is 10.7. The number of piperidine rings is 1. The molecule has 0 aromatic rings. The summed E-state index contributed by atoms with van der Waals surface area (Å²) in [6.45, 7) is 4.98. The van der Waals surface area contributed by atoms with E-state index in [2.05, 4.69) is 11.5 Å². The number of hydrogen-bond acceptors (Lipinski definition) is 2. The molecule has 1 saturated heterocycles. The van der Waals surface area contributed by atoms with Crippen LogP contribution in [-0.4, -0.2) is 29.2 Å². The van der Waals surface area contributed by atoms with Gasteiger partial charge in [-0.3, -0.25) is 9.59 Å². The molecule has 2 saturated carbocycles. The first-order chi connectivity index (χ1) is 12.2. The molecule has 0 N–H and O–H groups in total. The van der Waals surface area contributed by atoms with Crippen molar-refractivity contribution in [2.45, 2.75) is 95.9 Å². The molecule has 1 aliphatic heterocycles. The first kappa shape index (κ1) is 18.7. The third kappa shape index (κ3) is 4.74. The highest BCUT2D eigenvalue weighted by atomic mass is 16.2. The fourth-order valence-corrected chi connectivity index (χ4v) is 5.31. The van der Waals surface area contributed by atoms with Crippen LogP contribution in [0.25, 0.3) is 0 Å². The lowest BCUT2D eigenvalue weighted by molar-refractivity contribution is -0.137. The van der Waals surface area contributed by atoms with E-state index in [-0.39, 0.29) is 11.7 Å². The van der Waals surface area contributed by atoms with E-state index in [0.717, 1.165) is 37.3 Å². The lowest BCUT2D eigenvalue weighted by atomic mass is 9.78. The van der Waals surface area contributed by atoms with Crippen LogP contribution in [0.4, 0.5) is 0 Å². The Balaban J connectivity index is 1.42. The summed E-state index contributed by atoms with van der Waals surface area (Å²) in [4.78, 5) is 27.4. The second-order valence-corrected chi connectivity index (χ2v) is 8.50. The summed E-state index contributed by atoms with van der Waals surface area (Å²) < 4.78 is 0. The molecule has 3 rings (SSSR count). The molecule has 0 bridgehead atoms. The van der Waals surface area contributed by atoms with Gasteiger partial charge in [-0.15, -0.1) is 0 Å².